The predicted molar refractivity (Wildman–Crippen MR) is 44.1 cm³/mol. The molecule has 0 bridgehead atoms. The Balaban J connectivity index is 3.25. The first-order valence-electron chi connectivity index (χ1n) is 2.96. The van der Waals surface area contributed by atoms with E-state index in [4.69, 9.17) is 16.9 Å². The van der Waals surface area contributed by atoms with Crippen LogP contribution in [0.2, 0.25) is 5.15 Å². The number of nitrogens with zero attached hydrogens (tertiary/aromatic N) is 2. The molecular formula is C8H5ClN2. The highest BCUT2D eigenvalue weighted by atomic mass is 35.5. The van der Waals surface area contributed by atoms with Gasteiger partial charge in [-0.25, -0.2) is 4.98 Å². The van der Waals surface area contributed by atoms with Crippen LogP contribution in [-0.2, 0) is 0 Å². The molecule has 11 heavy (non-hydrogen) atoms. The van der Waals surface area contributed by atoms with Gasteiger partial charge in [0.2, 0.25) is 0 Å². The lowest BCUT2D eigenvalue weighted by Crippen LogP contribution is -1.83. The Hall–Kier alpha value is -1.33. The number of rotatable bonds is 1. The highest BCUT2D eigenvalue weighted by Crippen LogP contribution is 2.13. The van der Waals surface area contributed by atoms with Crippen molar-refractivity contribution >= 4 is 17.7 Å². The maximum Gasteiger partial charge on any atom is 0.146 e. The topological polar surface area (TPSA) is 36.7 Å². The van der Waals surface area contributed by atoms with Gasteiger partial charge in [-0.2, -0.15) is 5.26 Å². The molecule has 0 saturated heterocycles. The number of hydrogen-bond donors (Lipinski definition) is 0. The van der Waals surface area contributed by atoms with Crippen LogP contribution in [0.15, 0.2) is 18.8 Å². The van der Waals surface area contributed by atoms with Crippen molar-refractivity contribution in [2.24, 2.45) is 0 Å². The smallest absolute Gasteiger partial charge is 0.146 e. The molecular weight excluding hydrogens is 160 g/mol. The number of halogens is 1. The van der Waals surface area contributed by atoms with Crippen molar-refractivity contribution in [3.05, 3.63) is 35.1 Å². The molecule has 1 aromatic heterocycles. The van der Waals surface area contributed by atoms with Crippen LogP contribution in [0.4, 0.5) is 0 Å². The fourth-order valence-corrected chi connectivity index (χ4v) is 0.800. The van der Waals surface area contributed by atoms with Crippen molar-refractivity contribution in [2.75, 3.05) is 0 Å². The molecule has 0 fully saturated rings. The molecule has 0 atom stereocenters. The highest BCUT2D eigenvalue weighted by Gasteiger charge is 1.99. The lowest BCUT2D eigenvalue weighted by molar-refractivity contribution is 1.29. The average Bonchev–Trinajstić information content (AvgIpc) is 2.05. The van der Waals surface area contributed by atoms with Gasteiger partial charge in [0.15, 0.2) is 0 Å². The Morgan fingerprint density at radius 2 is 2.45 bits per heavy atom. The number of pyridine rings is 1. The summed E-state index contributed by atoms with van der Waals surface area (Å²) in [5.41, 5.74) is 1.18. The van der Waals surface area contributed by atoms with Gasteiger partial charge in [0, 0.05) is 6.20 Å². The summed E-state index contributed by atoms with van der Waals surface area (Å²) in [5.74, 6) is 0. The molecule has 0 saturated carbocycles. The van der Waals surface area contributed by atoms with Crippen LogP contribution in [-0.4, -0.2) is 4.98 Å². The second-order valence-electron chi connectivity index (χ2n) is 1.92. The quantitative estimate of drug-likeness (QED) is 0.597. The third-order valence-electron chi connectivity index (χ3n) is 1.22. The minimum atomic E-state index is 0.234. The number of aromatic nitrogens is 1. The SMILES string of the molecule is C=Cc1cnc(Cl)c(C#N)c1. The van der Waals surface area contributed by atoms with E-state index in [1.54, 1.807) is 18.3 Å². The summed E-state index contributed by atoms with van der Waals surface area (Å²) in [6.07, 6.45) is 3.18. The maximum absolute atomic E-state index is 8.53. The van der Waals surface area contributed by atoms with E-state index >= 15 is 0 Å². The molecule has 0 radical (unpaired) electrons. The van der Waals surface area contributed by atoms with E-state index in [1.165, 1.54) is 0 Å². The lowest BCUT2D eigenvalue weighted by Gasteiger charge is -1.94. The van der Waals surface area contributed by atoms with Gasteiger partial charge >= 0.3 is 0 Å². The Kier molecular flexibility index (Phi) is 2.25. The lowest BCUT2D eigenvalue weighted by atomic mass is 10.2. The van der Waals surface area contributed by atoms with E-state index in [0.717, 1.165) is 5.56 Å². The fraction of sp³-hybridized carbons (Fsp3) is 0. The molecule has 0 amide bonds. The summed E-state index contributed by atoms with van der Waals surface area (Å²) < 4.78 is 0. The van der Waals surface area contributed by atoms with E-state index in [9.17, 15) is 0 Å². The summed E-state index contributed by atoms with van der Waals surface area (Å²) in [7, 11) is 0. The first-order valence-corrected chi connectivity index (χ1v) is 3.34. The second kappa shape index (κ2) is 3.18. The zero-order valence-corrected chi connectivity index (χ0v) is 6.47. The third-order valence-corrected chi connectivity index (χ3v) is 1.52. The monoisotopic (exact) mass is 164 g/mol. The summed E-state index contributed by atoms with van der Waals surface area (Å²) in [6, 6.07) is 3.57. The van der Waals surface area contributed by atoms with Crippen molar-refractivity contribution in [3.63, 3.8) is 0 Å². The van der Waals surface area contributed by atoms with E-state index in [0.29, 0.717) is 5.56 Å². The van der Waals surface area contributed by atoms with Gasteiger partial charge in [0.05, 0.1) is 5.56 Å². The van der Waals surface area contributed by atoms with Crippen molar-refractivity contribution in [1.82, 2.24) is 4.98 Å². The van der Waals surface area contributed by atoms with Crippen molar-refractivity contribution in [3.8, 4) is 6.07 Å². The number of nitriles is 1. The summed E-state index contributed by atoms with van der Waals surface area (Å²) in [6.45, 7) is 3.54. The molecule has 54 valence electrons. The summed E-state index contributed by atoms with van der Waals surface area (Å²) in [4.78, 5) is 3.79. The molecule has 0 unspecified atom stereocenters. The molecule has 0 aliphatic carbocycles. The van der Waals surface area contributed by atoms with Crippen LogP contribution < -0.4 is 0 Å². The average molecular weight is 165 g/mol. The fourth-order valence-electron chi connectivity index (χ4n) is 0.654. The summed E-state index contributed by atoms with van der Waals surface area (Å²) >= 11 is 5.59. The van der Waals surface area contributed by atoms with E-state index in [1.807, 2.05) is 6.07 Å². The van der Waals surface area contributed by atoms with Crippen molar-refractivity contribution in [1.29, 1.82) is 5.26 Å². The van der Waals surface area contributed by atoms with Crippen LogP contribution in [0, 0.1) is 11.3 Å². The minimum absolute atomic E-state index is 0.234. The zero-order valence-electron chi connectivity index (χ0n) is 5.71. The van der Waals surface area contributed by atoms with Gasteiger partial charge in [0.1, 0.15) is 11.2 Å². The molecule has 0 N–H and O–H groups in total. The maximum atomic E-state index is 8.53. The molecule has 2 nitrogen and oxygen atoms in total. The molecule has 0 aromatic carbocycles. The Labute approximate surface area is 69.8 Å². The van der Waals surface area contributed by atoms with E-state index < -0.39 is 0 Å². The van der Waals surface area contributed by atoms with Crippen LogP contribution in [0.25, 0.3) is 6.08 Å². The van der Waals surface area contributed by atoms with Crippen molar-refractivity contribution in [2.45, 2.75) is 0 Å². The van der Waals surface area contributed by atoms with Gasteiger partial charge in [-0.15, -0.1) is 0 Å². The first-order chi connectivity index (χ1) is 5.27. The highest BCUT2D eigenvalue weighted by molar-refractivity contribution is 6.30. The van der Waals surface area contributed by atoms with Gasteiger partial charge in [-0.3, -0.25) is 0 Å². The van der Waals surface area contributed by atoms with E-state index in [-0.39, 0.29) is 5.15 Å². The van der Waals surface area contributed by atoms with Gasteiger partial charge in [0.25, 0.3) is 0 Å². The van der Waals surface area contributed by atoms with E-state index in [2.05, 4.69) is 11.6 Å². The van der Waals surface area contributed by atoms with Crippen LogP contribution in [0.5, 0.6) is 0 Å². The van der Waals surface area contributed by atoms with Gasteiger partial charge < -0.3 is 0 Å². The molecule has 3 heteroatoms. The Morgan fingerprint density at radius 1 is 1.73 bits per heavy atom. The Morgan fingerprint density at radius 3 is 3.00 bits per heavy atom. The van der Waals surface area contributed by atoms with Crippen LogP contribution >= 0.6 is 11.6 Å². The third kappa shape index (κ3) is 1.57. The number of hydrogen-bond acceptors (Lipinski definition) is 2. The standard InChI is InChI=1S/C8H5ClN2/c1-2-6-3-7(4-10)8(9)11-5-6/h2-3,5H,1H2. The molecule has 0 aliphatic rings. The van der Waals surface area contributed by atoms with Gasteiger partial charge in [-0.05, 0) is 11.6 Å². The molecule has 1 aromatic rings. The first kappa shape index (κ1) is 7.77. The zero-order chi connectivity index (χ0) is 8.27. The largest absolute Gasteiger partial charge is 0.243 e. The predicted octanol–water partition coefficient (Wildman–Crippen LogP) is 2.25. The van der Waals surface area contributed by atoms with Gasteiger partial charge in [-0.1, -0.05) is 24.3 Å². The molecule has 1 rings (SSSR count). The van der Waals surface area contributed by atoms with Crippen molar-refractivity contribution < 1.29 is 0 Å². The summed E-state index contributed by atoms with van der Waals surface area (Å²) in [5, 5.41) is 8.76. The molecule has 1 heterocycles. The minimum Gasteiger partial charge on any atom is -0.243 e. The Bertz CT molecular complexity index is 325. The second-order valence-corrected chi connectivity index (χ2v) is 2.28. The molecule has 0 spiro atoms. The van der Waals surface area contributed by atoms with Crippen LogP contribution in [0.3, 0.4) is 0 Å². The normalized spacial score (nSPS) is 8.73. The van der Waals surface area contributed by atoms with Crippen LogP contribution in [0.1, 0.15) is 11.1 Å². The molecule has 0 aliphatic heterocycles.